The number of anilines is 1. The van der Waals surface area contributed by atoms with E-state index in [9.17, 15) is 9.59 Å². The summed E-state index contributed by atoms with van der Waals surface area (Å²) in [5.41, 5.74) is 1.55. The Morgan fingerprint density at radius 3 is 2.66 bits per heavy atom. The largest absolute Gasteiger partial charge is 0.496 e. The number of benzene rings is 2. The minimum atomic E-state index is -0.274. The van der Waals surface area contributed by atoms with Gasteiger partial charge in [0.05, 0.1) is 12.7 Å². The Kier molecular flexibility index (Phi) is 5.64. The SMILES string of the molecule is COc1cc(NC(=O)c2ccc3c(c2)OCO3)ccc1C(=O)N1CC[C@H]2CCCC[C@H]2C1. The minimum absolute atomic E-state index is 0.000444. The number of piperidine rings is 1. The number of ether oxygens (including phenoxy) is 3. The Morgan fingerprint density at radius 1 is 1.00 bits per heavy atom. The van der Waals surface area contributed by atoms with Gasteiger partial charge in [-0.15, -0.1) is 0 Å². The normalized spacial score (nSPS) is 21.6. The number of nitrogens with zero attached hydrogens (tertiary/aromatic N) is 1. The summed E-state index contributed by atoms with van der Waals surface area (Å²) in [7, 11) is 1.54. The average Bonchev–Trinajstić information content (AvgIpc) is 3.31. The molecule has 2 amide bonds. The third kappa shape index (κ3) is 3.99. The van der Waals surface area contributed by atoms with Gasteiger partial charge in [0.25, 0.3) is 11.8 Å². The van der Waals surface area contributed by atoms with Gasteiger partial charge in [-0.05, 0) is 55.0 Å². The number of fused-ring (bicyclic) bond motifs is 2. The van der Waals surface area contributed by atoms with Gasteiger partial charge in [-0.3, -0.25) is 9.59 Å². The highest BCUT2D eigenvalue weighted by Gasteiger charge is 2.34. The molecule has 5 rings (SSSR count). The summed E-state index contributed by atoms with van der Waals surface area (Å²) in [5, 5.41) is 2.87. The van der Waals surface area contributed by atoms with E-state index in [1.165, 1.54) is 25.7 Å². The van der Waals surface area contributed by atoms with Crippen LogP contribution in [0.2, 0.25) is 0 Å². The van der Waals surface area contributed by atoms with E-state index in [0.29, 0.717) is 40.0 Å². The van der Waals surface area contributed by atoms with E-state index in [2.05, 4.69) is 5.32 Å². The summed E-state index contributed by atoms with van der Waals surface area (Å²) in [4.78, 5) is 27.9. The van der Waals surface area contributed by atoms with E-state index < -0.39 is 0 Å². The molecule has 2 aromatic rings. The molecular weight excluding hydrogens is 408 g/mol. The number of likely N-dealkylation sites (tertiary alicyclic amines) is 1. The van der Waals surface area contributed by atoms with Crippen LogP contribution in [0.5, 0.6) is 17.2 Å². The molecule has 2 fully saturated rings. The smallest absolute Gasteiger partial charge is 0.257 e. The molecule has 32 heavy (non-hydrogen) atoms. The molecule has 2 aromatic carbocycles. The van der Waals surface area contributed by atoms with Gasteiger partial charge in [0.15, 0.2) is 11.5 Å². The van der Waals surface area contributed by atoms with E-state index in [1.807, 2.05) is 4.90 Å². The number of rotatable bonds is 4. The molecule has 168 valence electrons. The van der Waals surface area contributed by atoms with Gasteiger partial charge in [0.1, 0.15) is 5.75 Å². The molecule has 7 nitrogen and oxygen atoms in total. The number of methoxy groups -OCH3 is 1. The molecule has 7 heteroatoms. The van der Waals surface area contributed by atoms with Crippen molar-refractivity contribution in [1.29, 1.82) is 0 Å². The van der Waals surface area contributed by atoms with Gasteiger partial charge >= 0.3 is 0 Å². The molecule has 1 saturated heterocycles. The highest BCUT2D eigenvalue weighted by atomic mass is 16.7. The molecule has 0 bridgehead atoms. The lowest BCUT2D eigenvalue weighted by Crippen LogP contribution is -2.44. The highest BCUT2D eigenvalue weighted by Crippen LogP contribution is 2.37. The maximum Gasteiger partial charge on any atom is 0.257 e. The molecule has 0 spiro atoms. The summed E-state index contributed by atoms with van der Waals surface area (Å²) in [6.07, 6.45) is 6.19. The van der Waals surface area contributed by atoms with Gasteiger partial charge in [0, 0.05) is 30.4 Å². The second-order valence-corrected chi connectivity index (χ2v) is 8.78. The van der Waals surface area contributed by atoms with Crippen molar-refractivity contribution in [1.82, 2.24) is 4.90 Å². The van der Waals surface area contributed by atoms with Crippen LogP contribution >= 0.6 is 0 Å². The Morgan fingerprint density at radius 2 is 1.81 bits per heavy atom. The molecule has 1 aliphatic carbocycles. The Labute approximate surface area is 187 Å². The lowest BCUT2D eigenvalue weighted by molar-refractivity contribution is 0.0518. The third-order valence-corrected chi connectivity index (χ3v) is 6.90. The van der Waals surface area contributed by atoms with Crippen LogP contribution in [0.1, 0.15) is 52.8 Å². The lowest BCUT2D eigenvalue weighted by atomic mass is 9.75. The summed E-state index contributed by atoms with van der Waals surface area (Å²) < 4.78 is 16.2. The molecule has 2 aliphatic heterocycles. The number of nitrogens with one attached hydrogen (secondary N) is 1. The minimum Gasteiger partial charge on any atom is -0.496 e. The molecular formula is C25H28N2O5. The Balaban J connectivity index is 1.29. The summed E-state index contributed by atoms with van der Waals surface area (Å²) in [6.45, 7) is 1.78. The van der Waals surface area contributed by atoms with Gasteiger partial charge in [0.2, 0.25) is 6.79 Å². The van der Waals surface area contributed by atoms with Gasteiger partial charge in [-0.1, -0.05) is 19.3 Å². The lowest BCUT2D eigenvalue weighted by Gasteiger charge is -2.41. The molecule has 2 atom stereocenters. The van der Waals surface area contributed by atoms with E-state index in [1.54, 1.807) is 43.5 Å². The average molecular weight is 437 g/mol. The third-order valence-electron chi connectivity index (χ3n) is 6.90. The molecule has 1 N–H and O–H groups in total. The van der Waals surface area contributed by atoms with E-state index >= 15 is 0 Å². The van der Waals surface area contributed by atoms with E-state index in [0.717, 1.165) is 25.4 Å². The highest BCUT2D eigenvalue weighted by molar-refractivity contribution is 6.05. The molecule has 1 saturated carbocycles. The molecule has 0 unspecified atom stereocenters. The monoisotopic (exact) mass is 436 g/mol. The predicted molar refractivity (Wildman–Crippen MR) is 119 cm³/mol. The van der Waals surface area contributed by atoms with Crippen LogP contribution in [0.4, 0.5) is 5.69 Å². The van der Waals surface area contributed by atoms with Crippen LogP contribution < -0.4 is 19.5 Å². The van der Waals surface area contributed by atoms with E-state index in [-0.39, 0.29) is 18.6 Å². The second-order valence-electron chi connectivity index (χ2n) is 8.78. The maximum absolute atomic E-state index is 13.3. The van der Waals surface area contributed by atoms with Crippen LogP contribution in [0.25, 0.3) is 0 Å². The second kappa shape index (κ2) is 8.73. The van der Waals surface area contributed by atoms with Crippen molar-refractivity contribution in [3.63, 3.8) is 0 Å². The van der Waals surface area contributed by atoms with E-state index in [4.69, 9.17) is 14.2 Å². The van der Waals surface area contributed by atoms with Crippen molar-refractivity contribution in [2.24, 2.45) is 11.8 Å². The molecule has 3 aliphatic rings. The van der Waals surface area contributed by atoms with Crippen LogP contribution in [-0.2, 0) is 0 Å². The van der Waals surface area contributed by atoms with Gasteiger partial charge in [-0.2, -0.15) is 0 Å². The summed E-state index contributed by atoms with van der Waals surface area (Å²) in [6, 6.07) is 10.2. The summed E-state index contributed by atoms with van der Waals surface area (Å²) >= 11 is 0. The zero-order chi connectivity index (χ0) is 22.1. The van der Waals surface area contributed by atoms with Crippen molar-refractivity contribution in [3.05, 3.63) is 47.5 Å². The first-order chi connectivity index (χ1) is 15.6. The molecule has 0 aromatic heterocycles. The van der Waals surface area contributed by atoms with Crippen molar-refractivity contribution in [2.75, 3.05) is 32.3 Å². The van der Waals surface area contributed by atoms with Gasteiger partial charge < -0.3 is 24.4 Å². The summed E-state index contributed by atoms with van der Waals surface area (Å²) in [5.74, 6) is 2.75. The van der Waals surface area contributed by atoms with Crippen LogP contribution in [-0.4, -0.2) is 43.7 Å². The fourth-order valence-electron chi connectivity index (χ4n) is 5.14. The number of carbonyl (C=O) groups is 2. The fraction of sp³-hybridized carbons (Fsp3) is 0.440. The zero-order valence-electron chi connectivity index (χ0n) is 18.3. The molecule has 2 heterocycles. The Bertz CT molecular complexity index is 1040. The van der Waals surface area contributed by atoms with Crippen molar-refractivity contribution < 1.29 is 23.8 Å². The fourth-order valence-corrected chi connectivity index (χ4v) is 5.14. The van der Waals surface area contributed by atoms with Crippen molar-refractivity contribution in [2.45, 2.75) is 32.1 Å². The van der Waals surface area contributed by atoms with Crippen LogP contribution in [0, 0.1) is 11.8 Å². The zero-order valence-corrected chi connectivity index (χ0v) is 18.3. The number of hydrogen-bond donors (Lipinski definition) is 1. The number of hydrogen-bond acceptors (Lipinski definition) is 5. The first-order valence-corrected chi connectivity index (χ1v) is 11.3. The standard InChI is InChI=1S/C25H28N2O5/c1-30-22-13-19(26-24(28)17-6-9-21-23(12-17)32-15-31-21)7-8-20(22)25(29)27-11-10-16-4-2-3-5-18(16)14-27/h6-9,12-13,16,18H,2-5,10-11,14-15H2,1H3,(H,26,28)/t16-,18+/m1/s1. The number of amides is 2. The topological polar surface area (TPSA) is 77.1 Å². The quantitative estimate of drug-likeness (QED) is 0.772. The maximum atomic E-state index is 13.3. The predicted octanol–water partition coefficient (Wildman–Crippen LogP) is 4.33. The number of carbonyl (C=O) groups excluding carboxylic acids is 2. The van der Waals surface area contributed by atoms with Crippen LogP contribution in [0.3, 0.4) is 0 Å². The first kappa shape index (κ1) is 20.7. The van der Waals surface area contributed by atoms with Crippen molar-refractivity contribution >= 4 is 17.5 Å². The Hall–Kier alpha value is -3.22. The molecule has 0 radical (unpaired) electrons. The first-order valence-electron chi connectivity index (χ1n) is 11.3. The van der Waals surface area contributed by atoms with Gasteiger partial charge in [-0.25, -0.2) is 0 Å². The van der Waals surface area contributed by atoms with Crippen molar-refractivity contribution in [3.8, 4) is 17.2 Å². The van der Waals surface area contributed by atoms with Crippen LogP contribution in [0.15, 0.2) is 36.4 Å².